The fourth-order valence-corrected chi connectivity index (χ4v) is 4.80. The van der Waals surface area contributed by atoms with Crippen LogP contribution in [0.25, 0.3) is 32.3 Å². The van der Waals surface area contributed by atoms with Gasteiger partial charge in [0.1, 0.15) is 40.7 Å². The minimum atomic E-state index is -0.712. The van der Waals surface area contributed by atoms with E-state index in [0.29, 0.717) is 41.4 Å². The smallest absolute Gasteiger partial charge is 0.146 e. The molecule has 31 heavy (non-hydrogen) atoms. The van der Waals surface area contributed by atoms with Crippen LogP contribution < -0.4 is 10.5 Å². The molecule has 1 aliphatic heterocycles. The lowest BCUT2D eigenvalue weighted by Gasteiger charge is -2.10. The van der Waals surface area contributed by atoms with Crippen molar-refractivity contribution < 1.29 is 13.5 Å². The molecule has 8 heteroatoms. The number of aromatic nitrogens is 2. The maximum absolute atomic E-state index is 14.6. The predicted octanol–water partition coefficient (Wildman–Crippen LogP) is 5.21. The van der Waals surface area contributed by atoms with Crippen LogP contribution in [-0.2, 0) is 6.42 Å². The summed E-state index contributed by atoms with van der Waals surface area (Å²) in [6, 6.07) is 14.2. The van der Waals surface area contributed by atoms with Crippen molar-refractivity contribution in [1.29, 1.82) is 5.26 Å². The number of fused-ring (bicyclic) bond motifs is 3. The molecule has 152 valence electrons. The lowest BCUT2D eigenvalue weighted by molar-refractivity contribution is 0.325. The number of ether oxygens (including phenoxy) is 1. The molecule has 4 heterocycles. The molecule has 0 spiro atoms. The Balaban J connectivity index is 1.70. The molecule has 0 aliphatic carbocycles. The second-order valence-corrected chi connectivity index (χ2v) is 8.03. The molecular weight excluding hydrogens is 418 g/mol. The first kappa shape index (κ1) is 19.2. The predicted molar refractivity (Wildman–Crippen MR) is 114 cm³/mol. The van der Waals surface area contributed by atoms with Crippen LogP contribution in [-0.4, -0.2) is 16.6 Å². The van der Waals surface area contributed by atoms with Crippen molar-refractivity contribution >= 4 is 17.2 Å². The van der Waals surface area contributed by atoms with E-state index in [1.165, 1.54) is 23.5 Å². The summed E-state index contributed by atoms with van der Waals surface area (Å²) in [6.45, 7) is 0.475. The quantitative estimate of drug-likeness (QED) is 0.470. The molecule has 1 aromatic carbocycles. The lowest BCUT2D eigenvalue weighted by Crippen LogP contribution is -1.99. The Morgan fingerprint density at radius 2 is 1.84 bits per heavy atom. The van der Waals surface area contributed by atoms with Crippen LogP contribution in [0.2, 0.25) is 0 Å². The number of nitriles is 1. The van der Waals surface area contributed by atoms with Gasteiger partial charge in [-0.05, 0) is 48.0 Å². The topological polar surface area (TPSA) is 84.8 Å². The average molecular weight is 432 g/mol. The van der Waals surface area contributed by atoms with Crippen molar-refractivity contribution in [2.45, 2.75) is 6.42 Å². The summed E-state index contributed by atoms with van der Waals surface area (Å²) >= 11 is 1.46. The van der Waals surface area contributed by atoms with Crippen molar-refractivity contribution in [3.63, 3.8) is 0 Å². The minimum Gasteiger partial charge on any atom is -0.491 e. The van der Waals surface area contributed by atoms with E-state index in [1.807, 2.05) is 6.07 Å². The van der Waals surface area contributed by atoms with Gasteiger partial charge in [0, 0.05) is 28.5 Å². The summed E-state index contributed by atoms with van der Waals surface area (Å²) < 4.78 is 33.8. The van der Waals surface area contributed by atoms with E-state index < -0.39 is 11.6 Å². The Labute approximate surface area is 180 Å². The Morgan fingerprint density at radius 1 is 1.00 bits per heavy atom. The van der Waals surface area contributed by atoms with Gasteiger partial charge in [-0.2, -0.15) is 5.26 Å². The van der Waals surface area contributed by atoms with Crippen molar-refractivity contribution in [2.24, 2.45) is 0 Å². The zero-order chi connectivity index (χ0) is 21.5. The number of nitrogens with two attached hydrogens (primary N) is 1. The van der Waals surface area contributed by atoms with Crippen molar-refractivity contribution in [1.82, 2.24) is 9.97 Å². The Hall–Kier alpha value is -3.83. The fourth-order valence-electron chi connectivity index (χ4n) is 3.57. The molecule has 0 fully saturated rings. The molecule has 4 aromatic rings. The normalized spacial score (nSPS) is 12.3. The summed E-state index contributed by atoms with van der Waals surface area (Å²) in [4.78, 5) is 10.5. The molecule has 0 unspecified atom stereocenters. The van der Waals surface area contributed by atoms with E-state index in [2.05, 4.69) is 16.0 Å². The molecule has 0 saturated heterocycles. The molecule has 2 N–H and O–H groups in total. The molecule has 3 aromatic heterocycles. The third-order valence-electron chi connectivity index (χ3n) is 4.99. The molecule has 0 amide bonds. The second kappa shape index (κ2) is 7.45. The fraction of sp³-hybridized carbons (Fsp3) is 0.0870. The van der Waals surface area contributed by atoms with Gasteiger partial charge in [-0.15, -0.1) is 11.3 Å². The average Bonchev–Trinajstić information content (AvgIpc) is 3.10. The number of anilines is 1. The summed E-state index contributed by atoms with van der Waals surface area (Å²) in [5, 5.41) is 9.24. The maximum Gasteiger partial charge on any atom is 0.146 e. The highest BCUT2D eigenvalue weighted by molar-refractivity contribution is 7.19. The molecule has 0 bridgehead atoms. The van der Waals surface area contributed by atoms with Gasteiger partial charge < -0.3 is 10.5 Å². The number of hydrogen-bond donors (Lipinski definition) is 1. The first-order valence-corrected chi connectivity index (χ1v) is 10.2. The van der Waals surface area contributed by atoms with Crippen LogP contribution in [0.3, 0.4) is 0 Å². The standard InChI is InChI=1S/C23H14F2N4OS/c24-13-1-3-15(17(25)10-13)21-16(4-6-20(27)29-21)19-9-12-7-8-30-18-5-2-14(11-26)28-22(18)23(12)31-19/h1-6,9-10H,7-8H2,(H2,27,29). The first-order chi connectivity index (χ1) is 15.0. The van der Waals surface area contributed by atoms with E-state index in [0.717, 1.165) is 21.4 Å². The monoisotopic (exact) mass is 432 g/mol. The lowest BCUT2D eigenvalue weighted by atomic mass is 10.0. The van der Waals surface area contributed by atoms with Crippen LogP contribution in [0.1, 0.15) is 11.3 Å². The highest BCUT2D eigenvalue weighted by Crippen LogP contribution is 2.45. The number of thiophene rings is 1. The third kappa shape index (κ3) is 3.39. The van der Waals surface area contributed by atoms with Crippen molar-refractivity contribution in [3.05, 3.63) is 71.4 Å². The van der Waals surface area contributed by atoms with Gasteiger partial charge in [-0.25, -0.2) is 18.7 Å². The van der Waals surface area contributed by atoms with Crippen LogP contribution in [0.5, 0.6) is 5.75 Å². The van der Waals surface area contributed by atoms with E-state index in [1.54, 1.807) is 24.3 Å². The maximum atomic E-state index is 14.6. The van der Waals surface area contributed by atoms with E-state index >= 15 is 0 Å². The van der Waals surface area contributed by atoms with Gasteiger partial charge in [0.15, 0.2) is 0 Å². The number of nitrogens with zero attached hydrogens (tertiary/aromatic N) is 3. The minimum absolute atomic E-state index is 0.168. The Bertz CT molecular complexity index is 1380. The van der Waals surface area contributed by atoms with Crippen molar-refractivity contribution in [3.8, 4) is 44.1 Å². The summed E-state index contributed by atoms with van der Waals surface area (Å²) in [6.07, 6.45) is 0.659. The van der Waals surface area contributed by atoms with Gasteiger partial charge in [-0.1, -0.05) is 0 Å². The molecule has 0 saturated carbocycles. The molecule has 0 radical (unpaired) electrons. The van der Waals surface area contributed by atoms with Crippen molar-refractivity contribution in [2.75, 3.05) is 12.3 Å². The zero-order valence-electron chi connectivity index (χ0n) is 16.0. The van der Waals surface area contributed by atoms with E-state index in [-0.39, 0.29) is 11.4 Å². The molecule has 5 nitrogen and oxygen atoms in total. The number of hydrogen-bond acceptors (Lipinski definition) is 6. The highest BCUT2D eigenvalue weighted by Gasteiger charge is 2.23. The number of rotatable bonds is 2. The second-order valence-electron chi connectivity index (χ2n) is 6.97. The van der Waals surface area contributed by atoms with Gasteiger partial charge in [0.2, 0.25) is 0 Å². The number of benzene rings is 1. The largest absolute Gasteiger partial charge is 0.491 e. The number of pyridine rings is 2. The summed E-state index contributed by atoms with van der Waals surface area (Å²) in [5.74, 6) is -0.520. The number of nitrogen functional groups attached to an aromatic ring is 1. The SMILES string of the molecule is N#Cc1ccc2c(n1)-c1sc(-c3ccc(N)nc3-c3ccc(F)cc3F)cc1CCO2. The zero-order valence-corrected chi connectivity index (χ0v) is 16.8. The van der Waals surface area contributed by atoms with Crippen LogP contribution >= 0.6 is 11.3 Å². The van der Waals surface area contributed by atoms with Crippen LogP contribution in [0.4, 0.5) is 14.6 Å². The summed E-state index contributed by atoms with van der Waals surface area (Å²) in [5.41, 5.74) is 8.99. The Morgan fingerprint density at radius 3 is 2.65 bits per heavy atom. The Kier molecular flexibility index (Phi) is 4.60. The number of halogens is 2. The van der Waals surface area contributed by atoms with Gasteiger partial charge >= 0.3 is 0 Å². The summed E-state index contributed by atoms with van der Waals surface area (Å²) in [7, 11) is 0. The molecule has 1 aliphatic rings. The first-order valence-electron chi connectivity index (χ1n) is 9.43. The van der Waals surface area contributed by atoms with Crippen LogP contribution in [0.15, 0.2) is 48.5 Å². The third-order valence-corrected chi connectivity index (χ3v) is 6.21. The van der Waals surface area contributed by atoms with E-state index in [9.17, 15) is 14.0 Å². The van der Waals surface area contributed by atoms with Crippen LogP contribution in [0, 0.1) is 23.0 Å². The van der Waals surface area contributed by atoms with E-state index in [4.69, 9.17) is 10.5 Å². The van der Waals surface area contributed by atoms with Gasteiger partial charge in [0.05, 0.1) is 17.2 Å². The highest BCUT2D eigenvalue weighted by atomic mass is 32.1. The van der Waals surface area contributed by atoms with Gasteiger partial charge in [-0.3, -0.25) is 0 Å². The molecular formula is C23H14F2N4OS. The molecule has 0 atom stereocenters. The van der Waals surface area contributed by atoms with Gasteiger partial charge in [0.25, 0.3) is 0 Å². The molecule has 5 rings (SSSR count).